The summed E-state index contributed by atoms with van der Waals surface area (Å²) in [6, 6.07) is 17.8. The molecule has 6 heterocycles. The SMILES string of the molecule is Nc1nc(Cl)nc(Nc2cc(NS(=O)(=O)c3ccc4c(c3)-c3nc-4nc4[nH]c(nc5nc(nc6[nH]c(n3)c3ccc(S(=O)(=O)O)cc63)-c3ccc(S(N)(=O)=O)cc3-5)c3ccc(S(N)(=O)=O)cc43)ccc2S(=O)(=O)O)n1. The van der Waals surface area contributed by atoms with Crippen molar-refractivity contribution < 1.29 is 51.2 Å². The molecule has 0 unspecified atom stereocenters. The minimum atomic E-state index is -4.94. The quantitative estimate of drug-likeness (QED) is 0.0932. The zero-order valence-electron chi connectivity index (χ0n) is 36.8. The lowest BCUT2D eigenvalue weighted by molar-refractivity contribution is 0.481. The van der Waals surface area contributed by atoms with Crippen LogP contribution in [0.25, 0.3) is 89.7 Å². The Balaban J connectivity index is 1.15. The third-order valence-corrected chi connectivity index (χ3v) is 16.5. The maximum atomic E-state index is 14.3. The molecule has 75 heavy (non-hydrogen) atoms. The minimum absolute atomic E-state index is 0.0126. The van der Waals surface area contributed by atoms with Crippen LogP contribution in [0.2, 0.25) is 5.28 Å². The van der Waals surface area contributed by atoms with Gasteiger partial charge in [-0.15, -0.1) is 0 Å². The Labute approximate surface area is 425 Å². The summed E-state index contributed by atoms with van der Waals surface area (Å²) in [6.45, 7) is 0. The van der Waals surface area contributed by atoms with Crippen LogP contribution in [0.15, 0.2) is 115 Å². The molecule has 28 nitrogen and oxygen atoms in total. The summed E-state index contributed by atoms with van der Waals surface area (Å²) in [5, 5.41) is 13.8. The van der Waals surface area contributed by atoms with E-state index in [0.29, 0.717) is 0 Å². The number of hydrogen-bond acceptors (Lipinski definition) is 21. The van der Waals surface area contributed by atoms with Gasteiger partial charge in [0, 0.05) is 43.8 Å². The molecule has 0 amide bonds. The highest BCUT2D eigenvalue weighted by Crippen LogP contribution is 2.40. The summed E-state index contributed by atoms with van der Waals surface area (Å²) < 4.78 is 151. The predicted octanol–water partition coefficient (Wildman–Crippen LogP) is 3.62. The van der Waals surface area contributed by atoms with Crippen molar-refractivity contribution in [2.75, 3.05) is 15.8 Å². The monoisotopic (exact) mass is 1130 g/mol. The number of fused-ring (bicyclic) bond motifs is 20. The summed E-state index contributed by atoms with van der Waals surface area (Å²) in [5.41, 5.74) is 5.38. The number of benzene rings is 5. The van der Waals surface area contributed by atoms with E-state index in [1.807, 2.05) is 0 Å². The fourth-order valence-electron chi connectivity index (χ4n) is 8.06. The van der Waals surface area contributed by atoms with E-state index in [1.165, 1.54) is 60.7 Å². The molecule has 8 bridgehead atoms. The van der Waals surface area contributed by atoms with Crippen molar-refractivity contribution in [3.05, 3.63) is 96.3 Å². The number of hydrogen-bond donors (Lipinski definition) is 9. The molecule has 12 N–H and O–H groups in total. The van der Waals surface area contributed by atoms with Gasteiger partial charge in [-0.2, -0.15) is 31.8 Å². The maximum absolute atomic E-state index is 14.3. The molecule has 5 aromatic carbocycles. The number of primary sulfonamides is 2. The lowest BCUT2D eigenvalue weighted by atomic mass is 10.1. The molecule has 0 fully saturated rings. The number of sulfonamides is 3. The van der Waals surface area contributed by atoms with Crippen LogP contribution in [-0.4, -0.2) is 106 Å². The van der Waals surface area contributed by atoms with E-state index in [4.69, 9.17) is 47.5 Å². The number of H-pyrrole nitrogens is 2. The van der Waals surface area contributed by atoms with Crippen LogP contribution >= 0.6 is 11.6 Å². The van der Waals surface area contributed by atoms with E-state index in [2.05, 4.69) is 44.9 Å². The Morgan fingerprint density at radius 2 is 0.933 bits per heavy atom. The van der Waals surface area contributed by atoms with Crippen molar-refractivity contribution in [2.24, 2.45) is 10.3 Å². The molecule has 0 spiro atoms. The first kappa shape index (κ1) is 49.0. The van der Waals surface area contributed by atoms with Gasteiger partial charge in [0.2, 0.25) is 37.2 Å². The molecular weight excluding hydrogens is 1100 g/mol. The second-order valence-corrected chi connectivity index (χ2v) is 24.2. The molecule has 0 saturated carbocycles. The van der Waals surface area contributed by atoms with Gasteiger partial charge >= 0.3 is 0 Å². The van der Waals surface area contributed by atoms with Crippen molar-refractivity contribution >= 4 is 129 Å². The lowest BCUT2D eigenvalue weighted by Crippen LogP contribution is -2.14. The number of halogens is 1. The van der Waals surface area contributed by atoms with Gasteiger partial charge in [-0.25, -0.2) is 65.4 Å². The van der Waals surface area contributed by atoms with Crippen LogP contribution in [-0.2, 0) is 50.3 Å². The Hall–Kier alpha value is -8.25. The first-order valence-corrected chi connectivity index (χ1v) is 28.5. The fraction of sp³-hybridized carbons (Fsp3) is 0. The molecule has 2 aliphatic heterocycles. The zero-order valence-corrected chi connectivity index (χ0v) is 41.7. The van der Waals surface area contributed by atoms with E-state index in [9.17, 15) is 51.2 Å². The molecular formula is C41H27ClN16O12S5. The van der Waals surface area contributed by atoms with Gasteiger partial charge in [0.1, 0.15) is 27.5 Å². The number of rotatable bonds is 9. The maximum Gasteiger partial charge on any atom is 0.296 e. The highest BCUT2D eigenvalue weighted by atomic mass is 35.5. The number of aromatic nitrogens is 11. The molecule has 11 rings (SSSR count). The first-order chi connectivity index (χ1) is 35.2. The van der Waals surface area contributed by atoms with Crippen LogP contribution < -0.4 is 26.1 Å². The largest absolute Gasteiger partial charge is 0.368 e. The van der Waals surface area contributed by atoms with Gasteiger partial charge in [0.25, 0.3) is 30.3 Å². The second-order valence-electron chi connectivity index (χ2n) is 16.2. The topological polar surface area (TPSA) is 461 Å². The van der Waals surface area contributed by atoms with Gasteiger partial charge in [-0.1, -0.05) is 0 Å². The number of aromatic amines is 2. The van der Waals surface area contributed by atoms with Crippen LogP contribution in [0.4, 0.5) is 23.3 Å². The lowest BCUT2D eigenvalue weighted by Gasteiger charge is -2.13. The van der Waals surface area contributed by atoms with Gasteiger partial charge < -0.3 is 21.0 Å². The minimum Gasteiger partial charge on any atom is -0.368 e. The molecule has 0 saturated heterocycles. The molecule has 0 radical (unpaired) electrons. The van der Waals surface area contributed by atoms with Crippen molar-refractivity contribution in [3.63, 3.8) is 0 Å². The Morgan fingerprint density at radius 1 is 0.467 bits per heavy atom. The highest BCUT2D eigenvalue weighted by Gasteiger charge is 2.28. The first-order valence-electron chi connectivity index (χ1n) is 20.7. The van der Waals surface area contributed by atoms with Crippen LogP contribution in [0.3, 0.4) is 0 Å². The van der Waals surface area contributed by atoms with Crippen LogP contribution in [0, 0.1) is 0 Å². The van der Waals surface area contributed by atoms with Gasteiger partial charge in [0.05, 0.1) is 31.0 Å². The Kier molecular flexibility index (Phi) is 11.0. The third-order valence-electron chi connectivity index (χ3n) is 11.4. The molecule has 0 atom stereocenters. The standard InChI is InChI=1S/C41H27ClN16O12S5/c42-39-55-40(43)57-41(56-39)46-29-11-16(1-10-30(29)75(68,69)70)58-73(63,64)19-4-8-23-27(14-19)37-51-33(23)50-36-25-12-17(71(44,59)60)2-6-21(25)31(48-36)47-35-26-13-18(72(45,61)62)3-7-22(26)32(49-35)53-38-28-15-20(74(65,66)67)5-9-24(28)34(52-37)54-38/h1-15,58H,(H2,44,59,60)(H2,45,61,62)(H,65,66,67)(H,68,69,70)(H3,43,46,55,56,57)(H2,47,48,49,50,51,52,53,54). The van der Waals surface area contributed by atoms with Gasteiger partial charge in [0.15, 0.2) is 23.3 Å². The van der Waals surface area contributed by atoms with Gasteiger partial charge in [-0.05, 0) is 103 Å². The van der Waals surface area contributed by atoms with E-state index in [0.717, 1.165) is 30.3 Å². The summed E-state index contributed by atoms with van der Waals surface area (Å²) in [5.74, 6) is -1.23. The summed E-state index contributed by atoms with van der Waals surface area (Å²) in [4.78, 5) is 43.3. The van der Waals surface area contributed by atoms with E-state index in [-0.39, 0.29) is 122 Å². The normalized spacial score (nSPS) is 12.9. The predicted molar refractivity (Wildman–Crippen MR) is 268 cm³/mol. The Morgan fingerprint density at radius 3 is 1.45 bits per heavy atom. The van der Waals surface area contributed by atoms with E-state index in [1.54, 1.807) is 0 Å². The molecule has 0 aliphatic carbocycles. The number of nitrogens with two attached hydrogens (primary N) is 3. The highest BCUT2D eigenvalue weighted by molar-refractivity contribution is 7.92. The average molecular weight is 1130 g/mol. The van der Waals surface area contributed by atoms with Gasteiger partial charge in [-0.3, -0.25) is 13.8 Å². The van der Waals surface area contributed by atoms with Crippen molar-refractivity contribution in [2.45, 2.75) is 24.5 Å². The number of nitrogens with zero attached hydrogens (tertiary/aromatic N) is 9. The molecule has 4 aromatic heterocycles. The summed E-state index contributed by atoms with van der Waals surface area (Å²) in [6.07, 6.45) is 0. The zero-order chi connectivity index (χ0) is 53.3. The van der Waals surface area contributed by atoms with E-state index >= 15 is 0 Å². The van der Waals surface area contributed by atoms with Crippen molar-refractivity contribution in [1.82, 2.24) is 54.8 Å². The number of nitrogens with one attached hydrogen (secondary N) is 4. The van der Waals surface area contributed by atoms with Crippen molar-refractivity contribution in [3.8, 4) is 45.6 Å². The van der Waals surface area contributed by atoms with Crippen LogP contribution in [0.1, 0.15) is 0 Å². The summed E-state index contributed by atoms with van der Waals surface area (Å²) in [7, 11) is -23.0. The summed E-state index contributed by atoms with van der Waals surface area (Å²) >= 11 is 5.88. The molecule has 380 valence electrons. The second kappa shape index (κ2) is 16.9. The molecule has 9 aromatic rings. The number of anilines is 4. The fourth-order valence-corrected chi connectivity index (χ4v) is 11.5. The smallest absolute Gasteiger partial charge is 0.296 e. The van der Waals surface area contributed by atoms with Crippen LogP contribution in [0.5, 0.6) is 0 Å². The third kappa shape index (κ3) is 9.06. The molecule has 34 heteroatoms. The Bertz CT molecular complexity index is 4790. The molecule has 2 aliphatic rings. The number of nitrogen functional groups attached to an aromatic ring is 1. The average Bonchev–Trinajstić information content (AvgIpc) is 4.05. The van der Waals surface area contributed by atoms with Crippen molar-refractivity contribution in [1.29, 1.82) is 0 Å². The van der Waals surface area contributed by atoms with E-state index < -0.39 is 70.7 Å².